The zero-order chi connectivity index (χ0) is 23.7. The number of hydrogen-bond donors (Lipinski definition) is 2. The van der Waals surface area contributed by atoms with E-state index in [-0.39, 0.29) is 23.1 Å². The molecule has 1 aromatic carbocycles. The highest BCUT2D eigenvalue weighted by molar-refractivity contribution is 6.09. The first-order valence-electron chi connectivity index (χ1n) is 12.6. The molecule has 180 valence electrons. The third-order valence-electron chi connectivity index (χ3n) is 10.1. The van der Waals surface area contributed by atoms with Gasteiger partial charge in [-0.05, 0) is 81.5 Å². The predicted octanol–water partition coefficient (Wildman–Crippen LogP) is 3.48. The Labute approximate surface area is 200 Å². The highest BCUT2D eigenvalue weighted by atomic mass is 16.5. The van der Waals surface area contributed by atoms with Gasteiger partial charge in [-0.3, -0.25) is 14.5 Å². The smallest absolute Gasteiger partial charge is 0.241 e. The van der Waals surface area contributed by atoms with Crippen LogP contribution in [0.15, 0.2) is 24.5 Å². The van der Waals surface area contributed by atoms with Crippen molar-refractivity contribution < 1.29 is 19.1 Å². The average Bonchev–Trinajstić information content (AvgIpc) is 3.07. The molecule has 7 heteroatoms. The van der Waals surface area contributed by atoms with E-state index in [4.69, 9.17) is 9.47 Å². The second-order valence-electron chi connectivity index (χ2n) is 12.5. The third-order valence-corrected chi connectivity index (χ3v) is 10.1. The topological polar surface area (TPSA) is 79.9 Å². The molecule has 0 aromatic heterocycles. The number of fused-ring (bicyclic) bond motifs is 5. The van der Waals surface area contributed by atoms with Crippen LogP contribution in [-0.2, 0) is 15.0 Å². The van der Waals surface area contributed by atoms with Crippen LogP contribution in [0.3, 0.4) is 0 Å². The number of nitrogens with one attached hydrogen (secondary N) is 2. The predicted molar refractivity (Wildman–Crippen MR) is 127 cm³/mol. The SMILES string of the molecule is CC1(C)C=COc2c(ccc3c2NC(=O)[C@@]32C[C@@]34CN5CCCC[C@]5(C[C@@H]3C2(C)C)C(=O)N4)O1. The van der Waals surface area contributed by atoms with Crippen molar-refractivity contribution in [3.05, 3.63) is 30.0 Å². The van der Waals surface area contributed by atoms with E-state index in [9.17, 15) is 9.59 Å². The zero-order valence-electron chi connectivity index (χ0n) is 20.4. The number of anilines is 1. The van der Waals surface area contributed by atoms with E-state index in [1.54, 1.807) is 6.26 Å². The molecule has 34 heavy (non-hydrogen) atoms. The summed E-state index contributed by atoms with van der Waals surface area (Å²) < 4.78 is 12.2. The van der Waals surface area contributed by atoms with E-state index in [1.807, 2.05) is 32.1 Å². The summed E-state index contributed by atoms with van der Waals surface area (Å²) in [5, 5.41) is 6.70. The minimum Gasteiger partial charge on any atom is -0.480 e. The number of ether oxygens (including phenoxy) is 2. The van der Waals surface area contributed by atoms with Gasteiger partial charge in [-0.15, -0.1) is 0 Å². The Hall–Kier alpha value is -2.54. The fourth-order valence-electron chi connectivity index (χ4n) is 8.51. The van der Waals surface area contributed by atoms with Gasteiger partial charge in [-0.1, -0.05) is 19.9 Å². The zero-order valence-corrected chi connectivity index (χ0v) is 20.4. The Morgan fingerprint density at radius 3 is 2.74 bits per heavy atom. The van der Waals surface area contributed by atoms with Crippen LogP contribution >= 0.6 is 0 Å². The Balaban J connectivity index is 1.39. The van der Waals surface area contributed by atoms with Crippen LogP contribution in [0.4, 0.5) is 5.69 Å². The molecule has 2 N–H and O–H groups in total. The minimum atomic E-state index is -0.746. The van der Waals surface area contributed by atoms with E-state index in [0.29, 0.717) is 23.6 Å². The molecule has 3 spiro atoms. The van der Waals surface area contributed by atoms with Crippen molar-refractivity contribution >= 4 is 17.5 Å². The van der Waals surface area contributed by atoms with Gasteiger partial charge in [0, 0.05) is 6.54 Å². The summed E-state index contributed by atoms with van der Waals surface area (Å²) in [6.45, 7) is 10.2. The highest BCUT2D eigenvalue weighted by Gasteiger charge is 2.77. The summed E-state index contributed by atoms with van der Waals surface area (Å²) in [5.74, 6) is 1.60. The third kappa shape index (κ3) is 2.19. The normalized spacial score (nSPS) is 40.3. The van der Waals surface area contributed by atoms with Crippen molar-refractivity contribution in [1.29, 1.82) is 0 Å². The van der Waals surface area contributed by atoms with Crippen molar-refractivity contribution in [2.24, 2.45) is 11.3 Å². The number of carbonyl (C=O) groups excluding carboxylic acids is 2. The van der Waals surface area contributed by atoms with Crippen LogP contribution in [0.25, 0.3) is 0 Å². The molecule has 6 aliphatic heterocycles. The van der Waals surface area contributed by atoms with E-state index in [1.165, 1.54) is 0 Å². The lowest BCUT2D eigenvalue weighted by molar-refractivity contribution is -0.167. The van der Waals surface area contributed by atoms with Crippen LogP contribution in [0.1, 0.15) is 65.4 Å². The lowest BCUT2D eigenvalue weighted by atomic mass is 9.56. The highest BCUT2D eigenvalue weighted by Crippen LogP contribution is 2.70. The monoisotopic (exact) mass is 463 g/mol. The molecule has 1 aliphatic carbocycles. The Kier molecular flexibility index (Phi) is 3.66. The van der Waals surface area contributed by atoms with Crippen molar-refractivity contribution in [1.82, 2.24) is 10.2 Å². The quantitative estimate of drug-likeness (QED) is 0.616. The molecule has 4 atom stereocenters. The summed E-state index contributed by atoms with van der Waals surface area (Å²) in [6.07, 6.45) is 8.11. The molecular weight excluding hydrogens is 430 g/mol. The molecular formula is C27H33N3O4. The number of rotatable bonds is 0. The van der Waals surface area contributed by atoms with Gasteiger partial charge in [0.15, 0.2) is 11.5 Å². The molecule has 4 saturated heterocycles. The Morgan fingerprint density at radius 1 is 1.09 bits per heavy atom. The first-order valence-corrected chi connectivity index (χ1v) is 12.6. The standard InChI is InChI=1S/C27H33N3O4/c1-23(2)10-12-33-20-17(34-23)8-7-16-19(20)28-22(32)27(16)14-25-15-30-11-6-5-9-26(30,21(31)29-25)13-18(25)24(27,3)4/h7-8,10,12,18H,5-6,9,11,13-15H2,1-4H3,(H,28,32)(H,29,31)/t18-,25-,26+,27-/m1/s1. The fraction of sp³-hybridized carbons (Fsp3) is 0.630. The fourth-order valence-corrected chi connectivity index (χ4v) is 8.51. The molecule has 2 bridgehead atoms. The lowest BCUT2D eigenvalue weighted by Gasteiger charge is -2.63. The van der Waals surface area contributed by atoms with Gasteiger partial charge >= 0.3 is 0 Å². The maximum atomic E-state index is 14.0. The second-order valence-corrected chi connectivity index (χ2v) is 12.5. The van der Waals surface area contributed by atoms with Crippen molar-refractivity contribution in [2.75, 3.05) is 18.4 Å². The van der Waals surface area contributed by atoms with E-state index >= 15 is 0 Å². The number of piperazine rings is 1. The number of benzene rings is 1. The number of nitrogens with zero attached hydrogens (tertiary/aromatic N) is 1. The number of hydrogen-bond acceptors (Lipinski definition) is 5. The maximum Gasteiger partial charge on any atom is 0.241 e. The summed E-state index contributed by atoms with van der Waals surface area (Å²) in [4.78, 5) is 30.0. The molecule has 1 saturated carbocycles. The van der Waals surface area contributed by atoms with Gasteiger partial charge in [-0.25, -0.2) is 0 Å². The lowest BCUT2D eigenvalue weighted by Crippen LogP contribution is -2.80. The maximum absolute atomic E-state index is 14.0. The number of amides is 2. The number of carbonyl (C=O) groups is 2. The first-order chi connectivity index (χ1) is 16.0. The van der Waals surface area contributed by atoms with Gasteiger partial charge < -0.3 is 20.1 Å². The van der Waals surface area contributed by atoms with Gasteiger partial charge in [-0.2, -0.15) is 0 Å². The van der Waals surface area contributed by atoms with E-state index in [0.717, 1.165) is 44.3 Å². The van der Waals surface area contributed by atoms with Crippen LogP contribution < -0.4 is 20.1 Å². The van der Waals surface area contributed by atoms with Crippen molar-refractivity contribution in [3.8, 4) is 11.5 Å². The van der Waals surface area contributed by atoms with Crippen LogP contribution in [0.2, 0.25) is 0 Å². The number of piperidine rings is 3. The summed E-state index contributed by atoms with van der Waals surface area (Å²) in [5.41, 5.74) is -0.726. The molecule has 0 unspecified atom stereocenters. The summed E-state index contributed by atoms with van der Waals surface area (Å²) >= 11 is 0. The summed E-state index contributed by atoms with van der Waals surface area (Å²) in [7, 11) is 0. The van der Waals surface area contributed by atoms with Crippen LogP contribution in [-0.4, -0.2) is 46.5 Å². The largest absolute Gasteiger partial charge is 0.480 e. The molecule has 6 heterocycles. The van der Waals surface area contributed by atoms with Crippen LogP contribution in [0, 0.1) is 11.3 Å². The Bertz CT molecular complexity index is 1190. The van der Waals surface area contributed by atoms with Crippen molar-refractivity contribution in [2.45, 2.75) is 81.9 Å². The second kappa shape index (κ2) is 5.99. The molecule has 7 aliphatic rings. The molecule has 0 radical (unpaired) electrons. The molecule has 5 fully saturated rings. The van der Waals surface area contributed by atoms with Crippen LogP contribution in [0.5, 0.6) is 11.5 Å². The summed E-state index contributed by atoms with van der Waals surface area (Å²) in [6, 6.07) is 3.99. The molecule has 8 rings (SSSR count). The van der Waals surface area contributed by atoms with Gasteiger partial charge in [0.05, 0.1) is 22.9 Å². The van der Waals surface area contributed by atoms with Gasteiger partial charge in [0.25, 0.3) is 0 Å². The van der Waals surface area contributed by atoms with E-state index < -0.39 is 22.1 Å². The van der Waals surface area contributed by atoms with Gasteiger partial charge in [0.1, 0.15) is 11.1 Å². The molecule has 2 amide bonds. The van der Waals surface area contributed by atoms with Gasteiger partial charge in [0.2, 0.25) is 11.8 Å². The molecule has 1 aromatic rings. The molecule has 7 nitrogen and oxygen atoms in total. The minimum absolute atomic E-state index is 0.00827. The average molecular weight is 464 g/mol. The van der Waals surface area contributed by atoms with E-state index in [2.05, 4.69) is 29.4 Å². The first kappa shape index (κ1) is 20.8. The van der Waals surface area contributed by atoms with Crippen molar-refractivity contribution in [3.63, 3.8) is 0 Å². The Morgan fingerprint density at radius 2 is 1.91 bits per heavy atom.